The first-order chi connectivity index (χ1) is 8.92. The molecule has 0 radical (unpaired) electrons. The van der Waals surface area contributed by atoms with E-state index in [1.165, 1.54) is 11.9 Å². The van der Waals surface area contributed by atoms with Crippen LogP contribution in [0.1, 0.15) is 31.1 Å². The van der Waals surface area contributed by atoms with Gasteiger partial charge in [0.1, 0.15) is 0 Å². The van der Waals surface area contributed by atoms with Gasteiger partial charge in [0.15, 0.2) is 0 Å². The van der Waals surface area contributed by atoms with Gasteiger partial charge in [-0.25, -0.2) is 0 Å². The average molecular weight is 430 g/mol. The van der Waals surface area contributed by atoms with E-state index in [0.717, 1.165) is 0 Å². The van der Waals surface area contributed by atoms with Crippen LogP contribution in [0.25, 0.3) is 15.4 Å². The van der Waals surface area contributed by atoms with Crippen LogP contribution in [-0.4, -0.2) is 41.0 Å². The zero-order valence-electron chi connectivity index (χ0n) is 15.8. The van der Waals surface area contributed by atoms with Crippen molar-refractivity contribution in [1.82, 2.24) is 0 Å². The van der Waals surface area contributed by atoms with Crippen molar-refractivity contribution in [2.24, 2.45) is 5.92 Å². The molecule has 0 aliphatic heterocycles. The van der Waals surface area contributed by atoms with Gasteiger partial charge >= 0.3 is 25.8 Å². The predicted octanol–water partition coefficient (Wildman–Crippen LogP) is 4.52. The fraction of sp³-hybridized carbons (Fsp3) is 0.917. The SMILES string of the molecule is C[N-]C.C[N-]C.[2H]C1C([2H])C([2H])C(CS[N-]C)C1[2H].[CH3-].[Hf+4]. The van der Waals surface area contributed by atoms with E-state index in [-0.39, 0.29) is 39.2 Å². The summed E-state index contributed by atoms with van der Waals surface area (Å²) in [5, 5.41) is 7.00. The van der Waals surface area contributed by atoms with Crippen LogP contribution in [0.2, 0.25) is 0 Å². The second-order valence-corrected chi connectivity index (χ2v) is 3.76. The molecule has 0 saturated heterocycles. The smallest absolute Gasteiger partial charge is 0.668 e. The van der Waals surface area contributed by atoms with Crippen LogP contribution in [0.15, 0.2) is 0 Å². The third-order valence-electron chi connectivity index (χ3n) is 1.22. The molecule has 0 N–H and O–H groups in total. The number of rotatable bonds is 3. The number of nitrogens with zero attached hydrogens (tertiary/aromatic N) is 3. The number of hydrogen-bond acceptors (Lipinski definition) is 1. The van der Waals surface area contributed by atoms with Gasteiger partial charge in [0.25, 0.3) is 0 Å². The Morgan fingerprint density at radius 1 is 1.06 bits per heavy atom. The maximum Gasteiger partial charge on any atom is 4.00 e. The van der Waals surface area contributed by atoms with E-state index in [0.29, 0.717) is 5.75 Å². The summed E-state index contributed by atoms with van der Waals surface area (Å²) in [5.74, 6) is 0.433. The van der Waals surface area contributed by atoms with Gasteiger partial charge in [-0.15, -0.1) is 0 Å². The number of hydrogen-bond donors (Lipinski definition) is 0. The maximum atomic E-state index is 7.65. The monoisotopic (exact) mass is 431 g/mol. The Morgan fingerprint density at radius 3 is 1.71 bits per heavy atom. The summed E-state index contributed by atoms with van der Waals surface area (Å²) in [4.78, 5) is 0. The molecule has 0 spiro atoms. The Balaban J connectivity index is -0.000000157. The molecule has 1 aliphatic rings. The van der Waals surface area contributed by atoms with Gasteiger partial charge in [0, 0.05) is 5.48 Å². The zero-order valence-corrected chi connectivity index (χ0v) is 16.3. The first-order valence-electron chi connectivity index (χ1n) is 7.09. The molecule has 3 nitrogen and oxygen atoms in total. The summed E-state index contributed by atoms with van der Waals surface area (Å²) in [5.41, 5.74) is 0. The third-order valence-corrected chi connectivity index (χ3v) is 2.02. The normalized spacial score (nSPS) is 37.1. The van der Waals surface area contributed by atoms with Crippen molar-refractivity contribution in [3.8, 4) is 0 Å². The summed E-state index contributed by atoms with van der Waals surface area (Å²) in [7, 11) is 8.67. The van der Waals surface area contributed by atoms with Gasteiger partial charge in [0.2, 0.25) is 0 Å². The largest absolute Gasteiger partial charge is 4.00 e. The molecule has 17 heavy (non-hydrogen) atoms. The van der Waals surface area contributed by atoms with Crippen LogP contribution in [-0.2, 0) is 25.8 Å². The van der Waals surface area contributed by atoms with Gasteiger partial charge < -0.3 is 22.8 Å². The molecule has 1 aliphatic carbocycles. The topological polar surface area (TPSA) is 42.3 Å². The van der Waals surface area contributed by atoms with Crippen molar-refractivity contribution in [1.29, 1.82) is 0 Å². The quantitative estimate of drug-likeness (QED) is 0.369. The minimum atomic E-state index is -0.718. The van der Waals surface area contributed by atoms with E-state index in [1.807, 2.05) is 0 Å². The van der Waals surface area contributed by atoms with Crippen LogP contribution in [0.4, 0.5) is 0 Å². The van der Waals surface area contributed by atoms with Crippen molar-refractivity contribution in [2.45, 2.75) is 25.6 Å². The molecule has 0 aromatic rings. The Labute approximate surface area is 138 Å². The first-order valence-corrected chi connectivity index (χ1v) is 5.72. The Bertz CT molecular complexity index is 193. The molecular weight excluding hydrogens is 397 g/mol. The van der Waals surface area contributed by atoms with Gasteiger partial charge in [-0.05, 0) is 24.5 Å². The molecule has 1 saturated carbocycles. The van der Waals surface area contributed by atoms with Gasteiger partial charge in [0.05, 0.1) is 0 Å². The van der Waals surface area contributed by atoms with E-state index in [9.17, 15) is 0 Å². The summed E-state index contributed by atoms with van der Waals surface area (Å²) < 4.78 is 34.2. The van der Waals surface area contributed by atoms with Crippen molar-refractivity contribution >= 4 is 11.9 Å². The Hall–Kier alpha value is 1.10. The second-order valence-electron chi connectivity index (χ2n) is 2.81. The van der Waals surface area contributed by atoms with Gasteiger partial charge in [-0.2, -0.15) is 35.2 Å². The minimum absolute atomic E-state index is 0. The van der Waals surface area contributed by atoms with E-state index in [1.54, 1.807) is 35.2 Å². The average Bonchev–Trinajstić information content (AvgIpc) is 2.54. The molecule has 4 unspecified atom stereocenters. The first kappa shape index (κ1) is 16.2. The van der Waals surface area contributed by atoms with Crippen molar-refractivity contribution in [3.63, 3.8) is 0 Å². The molecule has 0 aromatic heterocycles. The van der Waals surface area contributed by atoms with Crippen LogP contribution in [0, 0.1) is 13.3 Å². The third kappa shape index (κ3) is 26.6. The van der Waals surface area contributed by atoms with Crippen molar-refractivity contribution in [3.05, 3.63) is 22.8 Å². The van der Waals surface area contributed by atoms with E-state index in [4.69, 9.17) is 5.48 Å². The summed E-state index contributed by atoms with van der Waals surface area (Å²) in [6.45, 7) is 0. The fourth-order valence-electron chi connectivity index (χ4n) is 0.750. The molecule has 1 rings (SSSR count). The van der Waals surface area contributed by atoms with Crippen LogP contribution in [0.5, 0.6) is 0 Å². The summed E-state index contributed by atoms with van der Waals surface area (Å²) >= 11 is 1.34. The molecule has 0 amide bonds. The molecular formula is C12H29HfN3S. The van der Waals surface area contributed by atoms with Crippen LogP contribution < -0.4 is 0 Å². The molecule has 102 valence electrons. The van der Waals surface area contributed by atoms with E-state index in [2.05, 4.69) is 15.4 Å². The molecule has 1 fully saturated rings. The van der Waals surface area contributed by atoms with Gasteiger partial charge in [-0.1, -0.05) is 12.8 Å². The standard InChI is InChI=1S/C7H14NS.2C2H6N.CH3.Hf/c1-8-9-6-7-4-2-3-5-7;2*1-3-2;;/h7H,2-6H2,1H3;2*1-2H3;1H3;/q4*-1;+4/i2D,3D,4D,5D;;;;. The summed E-state index contributed by atoms with van der Waals surface area (Å²) in [6.07, 6.45) is -2.60. The van der Waals surface area contributed by atoms with Crippen molar-refractivity contribution in [2.75, 3.05) is 41.0 Å². The molecule has 0 aromatic carbocycles. The minimum Gasteiger partial charge on any atom is -0.668 e. The van der Waals surface area contributed by atoms with E-state index < -0.39 is 25.6 Å². The van der Waals surface area contributed by atoms with Gasteiger partial charge in [-0.3, -0.25) is 11.9 Å². The second kappa shape index (κ2) is 25.8. The maximum absolute atomic E-state index is 7.65. The summed E-state index contributed by atoms with van der Waals surface area (Å²) in [6, 6.07) is 0. The van der Waals surface area contributed by atoms with Crippen LogP contribution >= 0.6 is 11.9 Å². The Morgan fingerprint density at radius 2 is 1.41 bits per heavy atom. The van der Waals surface area contributed by atoms with E-state index >= 15 is 0 Å². The van der Waals surface area contributed by atoms with Crippen LogP contribution in [0.3, 0.4) is 0 Å². The zero-order chi connectivity index (χ0) is 15.4. The molecule has 4 atom stereocenters. The fourth-order valence-corrected chi connectivity index (χ4v) is 1.29. The molecule has 0 heterocycles. The molecule has 5 heteroatoms. The predicted molar refractivity (Wildman–Crippen MR) is 80.5 cm³/mol. The Kier molecular flexibility index (Phi) is 24.5. The molecule has 0 bridgehead atoms. The van der Waals surface area contributed by atoms with Crippen molar-refractivity contribution < 1.29 is 31.3 Å².